The zero-order valence-corrected chi connectivity index (χ0v) is 12.6. The number of hydrogen-bond acceptors (Lipinski definition) is 5. The molecule has 0 atom stereocenters. The average Bonchev–Trinajstić information content (AvgIpc) is 2.35. The minimum absolute atomic E-state index is 0.0246. The maximum Gasteiger partial charge on any atom is 0.333 e. The number of esters is 1. The van der Waals surface area contributed by atoms with Gasteiger partial charge in [0.05, 0.1) is 4.47 Å². The van der Waals surface area contributed by atoms with Crippen LogP contribution in [0.2, 0.25) is 0 Å². The lowest BCUT2D eigenvalue weighted by Gasteiger charge is -2.11. The number of rotatable bonds is 5. The summed E-state index contributed by atoms with van der Waals surface area (Å²) in [7, 11) is 0. The van der Waals surface area contributed by atoms with Gasteiger partial charge in [0.1, 0.15) is 0 Å². The lowest BCUT2D eigenvalue weighted by atomic mass is 10.5. The molecule has 1 aromatic heterocycles. The Morgan fingerprint density at radius 3 is 2.55 bits per heavy atom. The Hall–Kier alpha value is -1.90. The molecule has 0 saturated carbocycles. The van der Waals surface area contributed by atoms with Crippen LogP contribution < -0.4 is 16.6 Å². The van der Waals surface area contributed by atoms with E-state index >= 15 is 0 Å². The van der Waals surface area contributed by atoms with E-state index in [-0.39, 0.29) is 30.2 Å². The lowest BCUT2D eigenvalue weighted by molar-refractivity contribution is -0.144. The molecule has 0 aromatic carbocycles. The summed E-state index contributed by atoms with van der Waals surface area (Å²) in [5.41, 5.74) is -1.13. The molecule has 0 bridgehead atoms. The van der Waals surface area contributed by atoms with E-state index < -0.39 is 17.2 Å². The summed E-state index contributed by atoms with van der Waals surface area (Å²) in [6, 6.07) is 0. The maximum atomic E-state index is 12.0. The van der Waals surface area contributed by atoms with Gasteiger partial charge >= 0.3 is 11.7 Å². The van der Waals surface area contributed by atoms with Crippen molar-refractivity contribution in [1.82, 2.24) is 14.5 Å². The predicted octanol–water partition coefficient (Wildman–Crippen LogP) is -0.571. The Kier molecular flexibility index (Phi) is 5.68. The van der Waals surface area contributed by atoms with Gasteiger partial charge in [-0.1, -0.05) is 0 Å². The molecule has 0 aliphatic heterocycles. The fraction of sp³-hybridized carbons (Fsp3) is 0.455. The Labute approximate surface area is 122 Å². The fourth-order valence-electron chi connectivity index (χ4n) is 1.41. The smallest absolute Gasteiger partial charge is 0.333 e. The summed E-state index contributed by atoms with van der Waals surface area (Å²) in [5, 5.41) is 2.49. The molecule has 8 nitrogen and oxygen atoms in total. The second-order valence-electron chi connectivity index (χ2n) is 3.93. The molecule has 0 aliphatic carbocycles. The van der Waals surface area contributed by atoms with Crippen LogP contribution in [0.1, 0.15) is 13.8 Å². The highest BCUT2D eigenvalue weighted by molar-refractivity contribution is 9.10. The number of carbonyl (C=O) groups excluding carboxylic acids is 2. The largest absolute Gasteiger partial charge is 0.444 e. The normalized spacial score (nSPS) is 10.2. The van der Waals surface area contributed by atoms with Crippen molar-refractivity contribution in [3.8, 4) is 0 Å². The predicted molar refractivity (Wildman–Crippen MR) is 73.1 cm³/mol. The summed E-state index contributed by atoms with van der Waals surface area (Å²) < 4.78 is 6.91. The number of amides is 1. The molecule has 0 fully saturated rings. The van der Waals surface area contributed by atoms with Crippen molar-refractivity contribution in [2.24, 2.45) is 0 Å². The average molecular weight is 348 g/mol. The summed E-state index contributed by atoms with van der Waals surface area (Å²) in [6.45, 7) is 2.44. The summed E-state index contributed by atoms with van der Waals surface area (Å²) in [4.78, 5) is 45.4. The second-order valence-corrected chi connectivity index (χ2v) is 4.79. The quantitative estimate of drug-likeness (QED) is 0.719. The van der Waals surface area contributed by atoms with E-state index in [1.54, 1.807) is 0 Å². The molecule has 0 spiro atoms. The van der Waals surface area contributed by atoms with Crippen LogP contribution in [0.15, 0.2) is 20.3 Å². The van der Waals surface area contributed by atoms with Crippen molar-refractivity contribution in [2.45, 2.75) is 27.1 Å². The topological polar surface area (TPSA) is 99.4 Å². The van der Waals surface area contributed by atoms with Gasteiger partial charge in [0.15, 0.2) is 6.73 Å². The molecule has 0 saturated heterocycles. The zero-order chi connectivity index (χ0) is 15.3. The molecule has 110 valence electrons. The minimum Gasteiger partial charge on any atom is -0.444 e. The van der Waals surface area contributed by atoms with Gasteiger partial charge in [-0.2, -0.15) is 0 Å². The summed E-state index contributed by atoms with van der Waals surface area (Å²) >= 11 is 3.04. The SMILES string of the molecule is CC(=O)NCCn1c(=O)c(Br)cn(COC(C)=O)c1=O. The van der Waals surface area contributed by atoms with Crippen molar-refractivity contribution in [3.05, 3.63) is 31.5 Å². The Morgan fingerprint density at radius 1 is 1.35 bits per heavy atom. The molecule has 0 unspecified atom stereocenters. The summed E-state index contributed by atoms with van der Waals surface area (Å²) in [6.07, 6.45) is 1.25. The molecule has 1 heterocycles. The van der Waals surface area contributed by atoms with E-state index in [1.807, 2.05) is 0 Å². The van der Waals surface area contributed by atoms with Crippen LogP contribution >= 0.6 is 15.9 Å². The van der Waals surface area contributed by atoms with Crippen LogP contribution in [0.25, 0.3) is 0 Å². The first-order valence-corrected chi connectivity index (χ1v) is 6.49. The van der Waals surface area contributed by atoms with Crippen molar-refractivity contribution in [1.29, 1.82) is 0 Å². The Morgan fingerprint density at radius 2 is 2.00 bits per heavy atom. The first-order chi connectivity index (χ1) is 9.32. The number of hydrogen-bond donors (Lipinski definition) is 1. The zero-order valence-electron chi connectivity index (χ0n) is 11.0. The third-order valence-corrected chi connectivity index (χ3v) is 2.86. The molecule has 0 radical (unpaired) electrons. The van der Waals surface area contributed by atoms with Gasteiger partial charge in [0, 0.05) is 33.1 Å². The molecular formula is C11H14BrN3O5. The van der Waals surface area contributed by atoms with Crippen LogP contribution in [0, 0.1) is 0 Å². The number of halogens is 1. The van der Waals surface area contributed by atoms with Crippen molar-refractivity contribution < 1.29 is 14.3 Å². The molecule has 0 aliphatic rings. The first-order valence-electron chi connectivity index (χ1n) is 5.70. The van der Waals surface area contributed by atoms with Crippen LogP contribution in [0.3, 0.4) is 0 Å². The van der Waals surface area contributed by atoms with Crippen LogP contribution in [-0.2, 0) is 27.6 Å². The van der Waals surface area contributed by atoms with Crippen LogP contribution in [-0.4, -0.2) is 27.6 Å². The molecule has 9 heteroatoms. The highest BCUT2D eigenvalue weighted by atomic mass is 79.9. The van der Waals surface area contributed by atoms with E-state index in [9.17, 15) is 19.2 Å². The molecule has 1 amide bonds. The van der Waals surface area contributed by atoms with E-state index in [0.717, 1.165) is 9.13 Å². The highest BCUT2D eigenvalue weighted by Crippen LogP contribution is 1.99. The van der Waals surface area contributed by atoms with Gasteiger partial charge in [-0.3, -0.25) is 23.5 Å². The number of nitrogens with one attached hydrogen (secondary N) is 1. The van der Waals surface area contributed by atoms with Gasteiger partial charge < -0.3 is 10.1 Å². The maximum absolute atomic E-state index is 12.0. The van der Waals surface area contributed by atoms with Crippen molar-refractivity contribution in [3.63, 3.8) is 0 Å². The fourth-order valence-corrected chi connectivity index (χ4v) is 1.87. The van der Waals surface area contributed by atoms with Gasteiger partial charge in [-0.05, 0) is 15.9 Å². The van der Waals surface area contributed by atoms with Crippen LogP contribution in [0.5, 0.6) is 0 Å². The highest BCUT2D eigenvalue weighted by Gasteiger charge is 2.10. The molecule has 1 N–H and O–H groups in total. The lowest BCUT2D eigenvalue weighted by Crippen LogP contribution is -2.42. The minimum atomic E-state index is -0.621. The standard InChI is InChI=1S/C11H14BrN3O5/c1-7(16)13-3-4-15-10(18)9(12)5-14(11(15)19)6-20-8(2)17/h5H,3-4,6H2,1-2H3,(H,13,16). The number of nitrogens with zero attached hydrogens (tertiary/aromatic N) is 2. The summed E-state index contributed by atoms with van der Waals surface area (Å²) in [5.74, 6) is -0.794. The van der Waals surface area contributed by atoms with E-state index in [0.29, 0.717) is 0 Å². The number of carbonyl (C=O) groups is 2. The monoisotopic (exact) mass is 347 g/mol. The molecule has 1 rings (SSSR count). The third kappa shape index (κ3) is 4.34. The first kappa shape index (κ1) is 16.2. The van der Waals surface area contributed by atoms with Crippen molar-refractivity contribution >= 4 is 27.8 Å². The van der Waals surface area contributed by atoms with Crippen LogP contribution in [0.4, 0.5) is 0 Å². The molecule has 1 aromatic rings. The van der Waals surface area contributed by atoms with E-state index in [2.05, 4.69) is 21.2 Å². The van der Waals surface area contributed by atoms with E-state index in [1.165, 1.54) is 20.0 Å². The second kappa shape index (κ2) is 7.04. The number of ether oxygens (including phenoxy) is 1. The Balaban J connectivity index is 3.03. The Bertz CT molecular complexity index is 634. The van der Waals surface area contributed by atoms with Gasteiger partial charge in [0.25, 0.3) is 5.56 Å². The van der Waals surface area contributed by atoms with Gasteiger partial charge in [-0.25, -0.2) is 4.79 Å². The third-order valence-electron chi connectivity index (χ3n) is 2.31. The van der Waals surface area contributed by atoms with Gasteiger partial charge in [-0.15, -0.1) is 0 Å². The molecule has 20 heavy (non-hydrogen) atoms. The van der Waals surface area contributed by atoms with Gasteiger partial charge in [0.2, 0.25) is 5.91 Å². The van der Waals surface area contributed by atoms with E-state index in [4.69, 9.17) is 4.74 Å². The van der Waals surface area contributed by atoms with Crippen molar-refractivity contribution in [2.75, 3.05) is 6.54 Å². The molecular weight excluding hydrogens is 334 g/mol. The number of aromatic nitrogens is 2.